The predicted molar refractivity (Wildman–Crippen MR) is 69.8 cm³/mol. The van der Waals surface area contributed by atoms with Crippen LogP contribution in [0.5, 0.6) is 17.4 Å². The standard InChI is InChI=1S/C12H9ClF3N3O2/c1-17-11-18-6-9(13)10(19-11)20-7-2-4-8(5-3-7)21-12(14,15)16/h2-6H,1H3,(H,17,18,19). The molecular weight excluding hydrogens is 311 g/mol. The summed E-state index contributed by atoms with van der Waals surface area (Å²) in [7, 11) is 1.62. The van der Waals surface area contributed by atoms with Crippen molar-refractivity contribution >= 4 is 17.5 Å². The van der Waals surface area contributed by atoms with Crippen molar-refractivity contribution in [3.8, 4) is 17.4 Å². The number of rotatable bonds is 4. The first-order chi connectivity index (χ1) is 9.87. The maximum Gasteiger partial charge on any atom is 0.573 e. The molecule has 1 N–H and O–H groups in total. The summed E-state index contributed by atoms with van der Waals surface area (Å²) in [4.78, 5) is 7.85. The maximum atomic E-state index is 12.0. The van der Waals surface area contributed by atoms with Gasteiger partial charge in [-0.05, 0) is 24.3 Å². The van der Waals surface area contributed by atoms with Gasteiger partial charge in [-0.2, -0.15) is 4.98 Å². The summed E-state index contributed by atoms with van der Waals surface area (Å²) in [5.74, 6) is 0.290. The molecule has 0 aliphatic carbocycles. The van der Waals surface area contributed by atoms with Crippen LogP contribution in [0.15, 0.2) is 30.5 Å². The van der Waals surface area contributed by atoms with Crippen molar-refractivity contribution in [2.24, 2.45) is 0 Å². The fourth-order valence-corrected chi connectivity index (χ4v) is 1.49. The first-order valence-corrected chi connectivity index (χ1v) is 5.99. The fourth-order valence-electron chi connectivity index (χ4n) is 1.36. The van der Waals surface area contributed by atoms with Crippen molar-refractivity contribution in [2.45, 2.75) is 6.36 Å². The van der Waals surface area contributed by atoms with Crippen LogP contribution in [0.25, 0.3) is 0 Å². The molecule has 2 aromatic rings. The molecule has 0 atom stereocenters. The van der Waals surface area contributed by atoms with E-state index in [1.165, 1.54) is 18.3 Å². The van der Waals surface area contributed by atoms with Gasteiger partial charge in [-0.15, -0.1) is 13.2 Å². The normalized spacial score (nSPS) is 11.1. The van der Waals surface area contributed by atoms with Gasteiger partial charge in [-0.1, -0.05) is 11.6 Å². The Hall–Kier alpha value is -2.22. The highest BCUT2D eigenvalue weighted by molar-refractivity contribution is 6.31. The lowest BCUT2D eigenvalue weighted by Crippen LogP contribution is -2.16. The number of nitrogens with zero attached hydrogens (tertiary/aromatic N) is 2. The van der Waals surface area contributed by atoms with Gasteiger partial charge in [-0.25, -0.2) is 4.98 Å². The minimum absolute atomic E-state index is 0.0838. The van der Waals surface area contributed by atoms with Gasteiger partial charge in [0, 0.05) is 7.05 Å². The van der Waals surface area contributed by atoms with Gasteiger partial charge in [0.1, 0.15) is 16.5 Å². The van der Waals surface area contributed by atoms with Crippen molar-refractivity contribution in [2.75, 3.05) is 12.4 Å². The Bertz CT molecular complexity index is 620. The average Bonchev–Trinajstić information content (AvgIpc) is 2.42. The Balaban J connectivity index is 2.13. The van der Waals surface area contributed by atoms with E-state index in [2.05, 4.69) is 20.0 Å². The summed E-state index contributed by atoms with van der Waals surface area (Å²) < 4.78 is 45.2. The van der Waals surface area contributed by atoms with E-state index in [0.29, 0.717) is 5.95 Å². The molecule has 1 aromatic heterocycles. The molecule has 0 bridgehead atoms. The predicted octanol–water partition coefficient (Wildman–Crippen LogP) is 3.86. The molecule has 0 saturated carbocycles. The third-order valence-corrected chi connectivity index (χ3v) is 2.47. The van der Waals surface area contributed by atoms with Crippen molar-refractivity contribution in [3.05, 3.63) is 35.5 Å². The summed E-state index contributed by atoms with van der Waals surface area (Å²) in [5, 5.41) is 2.88. The van der Waals surface area contributed by atoms with E-state index in [4.69, 9.17) is 16.3 Å². The Morgan fingerprint density at radius 1 is 1.14 bits per heavy atom. The molecule has 21 heavy (non-hydrogen) atoms. The van der Waals surface area contributed by atoms with Crippen LogP contribution in [0.1, 0.15) is 0 Å². The molecule has 5 nitrogen and oxygen atoms in total. The highest BCUT2D eigenvalue weighted by atomic mass is 35.5. The summed E-state index contributed by atoms with van der Waals surface area (Å²) in [6, 6.07) is 4.85. The fraction of sp³-hybridized carbons (Fsp3) is 0.167. The summed E-state index contributed by atoms with van der Waals surface area (Å²) in [5.41, 5.74) is 0. The molecule has 0 amide bonds. The van der Waals surface area contributed by atoms with Crippen LogP contribution < -0.4 is 14.8 Å². The molecule has 112 valence electrons. The minimum atomic E-state index is -4.74. The average molecular weight is 320 g/mol. The number of benzene rings is 1. The largest absolute Gasteiger partial charge is 0.573 e. The molecule has 0 saturated heterocycles. The molecule has 1 aromatic carbocycles. The molecule has 9 heteroatoms. The van der Waals surface area contributed by atoms with Crippen LogP contribution in [0, 0.1) is 0 Å². The number of anilines is 1. The second kappa shape index (κ2) is 6.04. The Kier molecular flexibility index (Phi) is 4.37. The molecule has 0 spiro atoms. The third kappa shape index (κ3) is 4.38. The molecule has 0 aliphatic rings. The number of nitrogens with one attached hydrogen (secondary N) is 1. The van der Waals surface area contributed by atoms with Crippen LogP contribution in [-0.2, 0) is 0 Å². The quantitative estimate of drug-likeness (QED) is 0.927. The minimum Gasteiger partial charge on any atom is -0.437 e. The zero-order chi connectivity index (χ0) is 15.5. The molecule has 2 rings (SSSR count). The Morgan fingerprint density at radius 3 is 2.33 bits per heavy atom. The van der Waals surface area contributed by atoms with E-state index in [0.717, 1.165) is 12.1 Å². The van der Waals surface area contributed by atoms with Crippen molar-refractivity contribution in [1.29, 1.82) is 0 Å². The topological polar surface area (TPSA) is 56.3 Å². The number of aromatic nitrogens is 2. The van der Waals surface area contributed by atoms with Gasteiger partial charge in [0.05, 0.1) is 6.20 Å². The van der Waals surface area contributed by atoms with E-state index in [1.807, 2.05) is 0 Å². The second-order valence-electron chi connectivity index (χ2n) is 3.72. The van der Waals surface area contributed by atoms with E-state index >= 15 is 0 Å². The molecule has 0 radical (unpaired) electrons. The van der Waals surface area contributed by atoms with Crippen molar-refractivity contribution in [1.82, 2.24) is 9.97 Å². The third-order valence-electron chi connectivity index (χ3n) is 2.21. The van der Waals surface area contributed by atoms with Gasteiger partial charge in [-0.3, -0.25) is 0 Å². The van der Waals surface area contributed by atoms with E-state index in [1.54, 1.807) is 7.05 Å². The maximum absolute atomic E-state index is 12.0. The molecule has 0 aliphatic heterocycles. The highest BCUT2D eigenvalue weighted by Gasteiger charge is 2.31. The second-order valence-corrected chi connectivity index (χ2v) is 4.13. The van der Waals surface area contributed by atoms with E-state index in [-0.39, 0.29) is 22.4 Å². The molecule has 0 unspecified atom stereocenters. The molecule has 1 heterocycles. The van der Waals surface area contributed by atoms with Gasteiger partial charge >= 0.3 is 6.36 Å². The highest BCUT2D eigenvalue weighted by Crippen LogP contribution is 2.30. The summed E-state index contributed by atoms with van der Waals surface area (Å²) >= 11 is 5.87. The zero-order valence-electron chi connectivity index (χ0n) is 10.6. The van der Waals surface area contributed by atoms with Gasteiger partial charge < -0.3 is 14.8 Å². The first kappa shape index (κ1) is 15.2. The van der Waals surface area contributed by atoms with Crippen LogP contribution >= 0.6 is 11.6 Å². The number of hydrogen-bond acceptors (Lipinski definition) is 5. The van der Waals surface area contributed by atoms with Gasteiger partial charge in [0.25, 0.3) is 0 Å². The van der Waals surface area contributed by atoms with Gasteiger partial charge in [0.15, 0.2) is 0 Å². The molecular formula is C12H9ClF3N3O2. The Morgan fingerprint density at radius 2 is 1.76 bits per heavy atom. The van der Waals surface area contributed by atoms with Crippen LogP contribution in [0.2, 0.25) is 5.02 Å². The van der Waals surface area contributed by atoms with Crippen LogP contribution in [-0.4, -0.2) is 23.4 Å². The molecule has 0 fully saturated rings. The lowest BCUT2D eigenvalue weighted by molar-refractivity contribution is -0.274. The van der Waals surface area contributed by atoms with E-state index in [9.17, 15) is 13.2 Å². The Labute approximate surface area is 122 Å². The first-order valence-electron chi connectivity index (χ1n) is 5.61. The number of hydrogen-bond donors (Lipinski definition) is 1. The lowest BCUT2D eigenvalue weighted by atomic mass is 10.3. The zero-order valence-corrected chi connectivity index (χ0v) is 11.4. The van der Waals surface area contributed by atoms with Gasteiger partial charge in [0.2, 0.25) is 11.8 Å². The monoisotopic (exact) mass is 319 g/mol. The van der Waals surface area contributed by atoms with Crippen LogP contribution in [0.4, 0.5) is 19.1 Å². The van der Waals surface area contributed by atoms with Crippen LogP contribution in [0.3, 0.4) is 0 Å². The summed E-state index contributed by atoms with van der Waals surface area (Å²) in [6.45, 7) is 0. The van der Waals surface area contributed by atoms with E-state index < -0.39 is 6.36 Å². The lowest BCUT2D eigenvalue weighted by Gasteiger charge is -2.10. The smallest absolute Gasteiger partial charge is 0.437 e. The number of alkyl halides is 3. The number of ether oxygens (including phenoxy) is 2. The van der Waals surface area contributed by atoms with Crippen molar-refractivity contribution < 1.29 is 22.6 Å². The SMILES string of the molecule is CNc1ncc(Cl)c(Oc2ccc(OC(F)(F)F)cc2)n1. The summed E-state index contributed by atoms with van der Waals surface area (Å²) in [6.07, 6.45) is -3.39. The number of halogens is 4. The van der Waals surface area contributed by atoms with Crippen molar-refractivity contribution in [3.63, 3.8) is 0 Å².